The van der Waals surface area contributed by atoms with Crippen LogP contribution in [0.25, 0.3) is 0 Å². The van der Waals surface area contributed by atoms with Crippen LogP contribution in [0.4, 0.5) is 24.8 Å². The number of ether oxygens (including phenoxy) is 1. The summed E-state index contributed by atoms with van der Waals surface area (Å²) in [6.45, 7) is 1.57. The molecule has 0 aliphatic carbocycles. The van der Waals surface area contributed by atoms with Gasteiger partial charge < -0.3 is 10.1 Å². The highest BCUT2D eigenvalue weighted by atomic mass is 35.5. The molecule has 0 saturated heterocycles. The number of tetrazole rings is 1. The third-order valence-corrected chi connectivity index (χ3v) is 4.43. The molecule has 0 fully saturated rings. The van der Waals surface area contributed by atoms with Gasteiger partial charge in [0.2, 0.25) is 5.95 Å². The third-order valence-electron chi connectivity index (χ3n) is 3.84. The van der Waals surface area contributed by atoms with E-state index in [1.807, 2.05) is 0 Å². The van der Waals surface area contributed by atoms with Gasteiger partial charge in [-0.05, 0) is 41.6 Å². The molecule has 32 heavy (non-hydrogen) atoms. The summed E-state index contributed by atoms with van der Waals surface area (Å²) in [5.41, 5.74) is -0.464. The molecule has 2 amide bonds. The average Bonchev–Trinajstić information content (AvgIpc) is 3.07. The Kier molecular flexibility index (Phi) is 6.50. The number of nitrogens with one attached hydrogen (secondary N) is 2. The van der Waals surface area contributed by atoms with E-state index < -0.39 is 34.6 Å². The first-order valence-corrected chi connectivity index (χ1v) is 9.27. The normalized spacial score (nSPS) is 11.2. The number of amides is 2. The Bertz CT molecular complexity index is 1180. The molecule has 2 aromatic heterocycles. The lowest BCUT2D eigenvalue weighted by Gasteiger charge is -2.17. The van der Waals surface area contributed by atoms with E-state index in [9.17, 15) is 22.8 Å². The molecule has 168 valence electrons. The van der Waals surface area contributed by atoms with Crippen LogP contribution < -0.4 is 15.4 Å². The molecule has 0 bridgehead atoms. The van der Waals surface area contributed by atoms with Crippen LogP contribution in [0.15, 0.2) is 24.3 Å². The molecule has 15 heteroatoms. The van der Waals surface area contributed by atoms with Crippen LogP contribution in [0.1, 0.15) is 26.4 Å². The zero-order valence-electron chi connectivity index (χ0n) is 16.2. The zero-order chi connectivity index (χ0) is 23.6. The molecule has 3 aromatic rings. The van der Waals surface area contributed by atoms with Crippen molar-refractivity contribution < 1.29 is 27.5 Å². The summed E-state index contributed by atoms with van der Waals surface area (Å²) in [4.78, 5) is 29.1. The molecule has 0 spiro atoms. The Balaban J connectivity index is 2.00. The van der Waals surface area contributed by atoms with Crippen LogP contribution in [-0.2, 0) is 7.05 Å². The largest absolute Gasteiger partial charge is 0.573 e. The lowest BCUT2D eigenvalue weighted by atomic mass is 10.1. The molecule has 10 nitrogen and oxygen atoms in total. The summed E-state index contributed by atoms with van der Waals surface area (Å²) in [7, 11) is 1.45. The molecule has 0 aliphatic heterocycles. The summed E-state index contributed by atoms with van der Waals surface area (Å²) in [5, 5.41) is 14.5. The lowest BCUT2D eigenvalue weighted by molar-refractivity contribution is -0.274. The highest BCUT2D eigenvalue weighted by Gasteiger charge is 2.34. The smallest absolute Gasteiger partial charge is 0.404 e. The van der Waals surface area contributed by atoms with Gasteiger partial charge in [0.1, 0.15) is 10.8 Å². The maximum absolute atomic E-state index is 12.9. The fourth-order valence-electron chi connectivity index (χ4n) is 2.51. The number of carbonyl (C=O) groups excluding carboxylic acids is 2. The lowest BCUT2D eigenvalue weighted by Crippen LogP contribution is -2.21. The van der Waals surface area contributed by atoms with Gasteiger partial charge in [-0.1, -0.05) is 28.3 Å². The molecule has 0 aliphatic rings. The van der Waals surface area contributed by atoms with Crippen LogP contribution in [0.3, 0.4) is 0 Å². The van der Waals surface area contributed by atoms with Gasteiger partial charge in [-0.3, -0.25) is 14.9 Å². The number of alkyl halides is 3. The second-order valence-electron chi connectivity index (χ2n) is 6.20. The minimum absolute atomic E-state index is 0.00146. The molecule has 0 radical (unpaired) electrons. The van der Waals surface area contributed by atoms with Crippen molar-refractivity contribution in [1.29, 1.82) is 0 Å². The van der Waals surface area contributed by atoms with Gasteiger partial charge in [0.15, 0.2) is 5.75 Å². The fourth-order valence-corrected chi connectivity index (χ4v) is 3.05. The van der Waals surface area contributed by atoms with Crippen molar-refractivity contribution in [3.8, 4) is 5.75 Å². The fraction of sp³-hybridized carbons (Fsp3) is 0.176. The standard InChI is InChI=1S/C17H12Cl2F3N7O3/c1-7-5-8(6-11(18)23-7)14(30)24-13-10(32-17(20,21)22)4-3-9(12(13)19)15(31)25-16-26-27-28-29(16)2/h3-6H,1-2H3,(H,24,30)(H,25,26,28,31). The van der Waals surface area contributed by atoms with Gasteiger partial charge in [0, 0.05) is 18.3 Å². The number of aryl methyl sites for hydroxylation is 2. The summed E-state index contributed by atoms with van der Waals surface area (Å²) >= 11 is 12.0. The van der Waals surface area contributed by atoms with Crippen LogP contribution in [0.5, 0.6) is 5.75 Å². The SMILES string of the molecule is Cc1cc(C(=O)Nc2c(OC(F)(F)F)ccc(C(=O)Nc3nnnn3C)c2Cl)cc(Cl)n1. The van der Waals surface area contributed by atoms with Crippen molar-refractivity contribution in [1.82, 2.24) is 25.2 Å². The highest BCUT2D eigenvalue weighted by Crippen LogP contribution is 2.38. The summed E-state index contributed by atoms with van der Waals surface area (Å²) < 4.78 is 43.7. The number of nitrogens with zero attached hydrogens (tertiary/aromatic N) is 5. The third kappa shape index (κ3) is 5.42. The van der Waals surface area contributed by atoms with Crippen molar-refractivity contribution in [3.05, 3.63) is 51.3 Å². The molecule has 1 aromatic carbocycles. The number of halogens is 5. The molecule has 0 atom stereocenters. The van der Waals surface area contributed by atoms with Crippen molar-refractivity contribution in [2.45, 2.75) is 13.3 Å². The molecule has 0 unspecified atom stereocenters. The first-order chi connectivity index (χ1) is 14.9. The topological polar surface area (TPSA) is 124 Å². The van der Waals surface area contributed by atoms with Gasteiger partial charge in [-0.25, -0.2) is 9.67 Å². The van der Waals surface area contributed by atoms with E-state index in [1.165, 1.54) is 19.2 Å². The number of hydrogen-bond donors (Lipinski definition) is 2. The first-order valence-electron chi connectivity index (χ1n) is 8.52. The van der Waals surface area contributed by atoms with Crippen LogP contribution in [-0.4, -0.2) is 43.4 Å². The van der Waals surface area contributed by atoms with Crippen LogP contribution in [0, 0.1) is 6.92 Å². The van der Waals surface area contributed by atoms with E-state index in [-0.39, 0.29) is 22.2 Å². The molecule has 0 saturated carbocycles. The number of pyridine rings is 1. The minimum Gasteiger partial charge on any atom is -0.404 e. The zero-order valence-corrected chi connectivity index (χ0v) is 17.7. The van der Waals surface area contributed by atoms with Gasteiger partial charge in [0.25, 0.3) is 11.8 Å². The van der Waals surface area contributed by atoms with E-state index in [1.54, 1.807) is 6.92 Å². The van der Waals surface area contributed by atoms with Gasteiger partial charge in [-0.2, -0.15) is 0 Å². The number of aromatic nitrogens is 5. The molecular formula is C17H12Cl2F3N7O3. The van der Waals surface area contributed by atoms with Gasteiger partial charge >= 0.3 is 6.36 Å². The monoisotopic (exact) mass is 489 g/mol. The second kappa shape index (κ2) is 8.96. The molecular weight excluding hydrogens is 478 g/mol. The van der Waals surface area contributed by atoms with Gasteiger partial charge in [-0.15, -0.1) is 13.2 Å². The Morgan fingerprint density at radius 2 is 1.84 bits per heavy atom. The van der Waals surface area contributed by atoms with Gasteiger partial charge in [0.05, 0.1) is 10.6 Å². The first kappa shape index (κ1) is 23.2. The Morgan fingerprint density at radius 1 is 1.12 bits per heavy atom. The number of rotatable bonds is 5. The Morgan fingerprint density at radius 3 is 2.44 bits per heavy atom. The molecule has 3 rings (SSSR count). The van der Waals surface area contributed by atoms with Crippen molar-refractivity contribution in [2.24, 2.45) is 7.05 Å². The second-order valence-corrected chi connectivity index (χ2v) is 6.97. The maximum Gasteiger partial charge on any atom is 0.573 e. The van der Waals surface area contributed by atoms with Crippen molar-refractivity contribution >= 4 is 46.7 Å². The van der Waals surface area contributed by atoms with E-state index >= 15 is 0 Å². The predicted molar refractivity (Wildman–Crippen MR) is 107 cm³/mol. The summed E-state index contributed by atoms with van der Waals surface area (Å²) in [6, 6.07) is 4.39. The molecule has 2 N–H and O–H groups in total. The minimum atomic E-state index is -5.09. The van der Waals surface area contributed by atoms with E-state index in [0.717, 1.165) is 16.8 Å². The van der Waals surface area contributed by atoms with E-state index in [4.69, 9.17) is 23.2 Å². The number of hydrogen-bond acceptors (Lipinski definition) is 7. The summed E-state index contributed by atoms with van der Waals surface area (Å²) in [6.07, 6.45) is -5.09. The molecule has 2 heterocycles. The van der Waals surface area contributed by atoms with Crippen molar-refractivity contribution in [3.63, 3.8) is 0 Å². The van der Waals surface area contributed by atoms with Crippen molar-refractivity contribution in [2.75, 3.05) is 10.6 Å². The highest BCUT2D eigenvalue weighted by molar-refractivity contribution is 6.38. The van der Waals surface area contributed by atoms with Crippen LogP contribution in [0.2, 0.25) is 10.2 Å². The number of carbonyl (C=O) groups is 2. The average molecular weight is 490 g/mol. The Labute approximate surface area is 187 Å². The quantitative estimate of drug-likeness (QED) is 0.524. The van der Waals surface area contributed by atoms with Crippen LogP contribution >= 0.6 is 23.2 Å². The number of anilines is 2. The summed E-state index contributed by atoms with van der Waals surface area (Å²) in [5.74, 6) is -2.58. The van der Waals surface area contributed by atoms with E-state index in [0.29, 0.717) is 5.69 Å². The predicted octanol–water partition coefficient (Wildman–Crippen LogP) is 3.62. The maximum atomic E-state index is 12.9. The Hall–Kier alpha value is -3.45. The number of benzene rings is 1. The van der Waals surface area contributed by atoms with E-state index in [2.05, 4.69) is 35.9 Å².